The van der Waals surface area contributed by atoms with E-state index in [4.69, 9.17) is 4.52 Å². The average molecular weight is 283 g/mol. The minimum atomic E-state index is 0.571. The maximum Gasteiger partial charge on any atom is 0.240 e. The number of hydrogen-bond donors (Lipinski definition) is 0. The summed E-state index contributed by atoms with van der Waals surface area (Å²) in [4.78, 5) is 7.05. The van der Waals surface area contributed by atoms with E-state index in [-0.39, 0.29) is 0 Å². The Morgan fingerprint density at radius 2 is 2.00 bits per heavy atom. The van der Waals surface area contributed by atoms with E-state index in [0.717, 1.165) is 31.2 Å². The molecule has 1 saturated heterocycles. The van der Waals surface area contributed by atoms with E-state index in [1.54, 1.807) is 0 Å². The van der Waals surface area contributed by atoms with Crippen LogP contribution in [0, 0.1) is 0 Å². The molecule has 4 heteroatoms. The summed E-state index contributed by atoms with van der Waals surface area (Å²) in [7, 11) is 0. The molecule has 4 rings (SSSR count). The monoisotopic (exact) mass is 283 g/mol. The van der Waals surface area contributed by atoms with Crippen molar-refractivity contribution < 1.29 is 4.52 Å². The summed E-state index contributed by atoms with van der Waals surface area (Å²) < 4.78 is 5.42. The van der Waals surface area contributed by atoms with Crippen LogP contribution in [-0.4, -0.2) is 27.6 Å². The highest BCUT2D eigenvalue weighted by Gasteiger charge is 2.30. The van der Waals surface area contributed by atoms with Crippen LogP contribution in [0.3, 0.4) is 0 Å². The Morgan fingerprint density at radius 3 is 2.81 bits per heavy atom. The maximum absolute atomic E-state index is 5.42. The van der Waals surface area contributed by atoms with E-state index >= 15 is 0 Å². The lowest BCUT2D eigenvalue weighted by atomic mass is 10.0. The Kier molecular flexibility index (Phi) is 3.47. The fourth-order valence-corrected chi connectivity index (χ4v) is 3.23. The molecule has 21 heavy (non-hydrogen) atoms. The summed E-state index contributed by atoms with van der Waals surface area (Å²) in [5, 5.41) is 4.12. The van der Waals surface area contributed by atoms with Crippen molar-refractivity contribution in [3.63, 3.8) is 0 Å². The van der Waals surface area contributed by atoms with Crippen LogP contribution in [0.4, 0.5) is 0 Å². The van der Waals surface area contributed by atoms with Gasteiger partial charge in [-0.1, -0.05) is 35.5 Å². The predicted octanol–water partition coefficient (Wildman–Crippen LogP) is 3.15. The van der Waals surface area contributed by atoms with Crippen molar-refractivity contribution in [1.29, 1.82) is 0 Å². The van der Waals surface area contributed by atoms with Gasteiger partial charge < -0.3 is 4.52 Å². The van der Waals surface area contributed by atoms with Crippen molar-refractivity contribution in [3.8, 4) is 0 Å². The largest absolute Gasteiger partial charge is 0.338 e. The van der Waals surface area contributed by atoms with Crippen LogP contribution >= 0.6 is 0 Å². The van der Waals surface area contributed by atoms with Crippen LogP contribution in [-0.2, 0) is 13.0 Å². The normalized spacial score (nSPS) is 22.8. The van der Waals surface area contributed by atoms with Crippen LogP contribution in [0.25, 0.3) is 0 Å². The van der Waals surface area contributed by atoms with E-state index in [1.807, 2.05) is 0 Å². The van der Waals surface area contributed by atoms with Crippen molar-refractivity contribution in [3.05, 3.63) is 47.6 Å². The van der Waals surface area contributed by atoms with Gasteiger partial charge >= 0.3 is 0 Å². The third-order valence-corrected chi connectivity index (χ3v) is 4.58. The Labute approximate surface area is 125 Å². The van der Waals surface area contributed by atoms with Gasteiger partial charge in [0, 0.05) is 12.0 Å². The van der Waals surface area contributed by atoms with E-state index in [1.165, 1.54) is 31.2 Å². The lowest BCUT2D eigenvalue weighted by molar-refractivity contribution is 0.209. The fourth-order valence-electron chi connectivity index (χ4n) is 3.23. The summed E-state index contributed by atoms with van der Waals surface area (Å²) in [6.45, 7) is 1.94. The molecular formula is C17H21N3O. The Morgan fingerprint density at radius 1 is 1.14 bits per heavy atom. The molecule has 0 unspecified atom stereocenters. The number of benzene rings is 1. The van der Waals surface area contributed by atoms with Crippen LogP contribution in [0.2, 0.25) is 0 Å². The molecule has 0 radical (unpaired) electrons. The number of rotatable bonds is 5. The first-order chi connectivity index (χ1) is 10.4. The van der Waals surface area contributed by atoms with Gasteiger partial charge in [0.05, 0.1) is 6.54 Å². The molecule has 0 bridgehead atoms. The molecule has 110 valence electrons. The highest BCUT2D eigenvalue weighted by atomic mass is 16.5. The van der Waals surface area contributed by atoms with Gasteiger partial charge in [-0.25, -0.2) is 0 Å². The molecule has 2 fully saturated rings. The Hall–Kier alpha value is -1.68. The topological polar surface area (TPSA) is 42.2 Å². The first kappa shape index (κ1) is 13.0. The second-order valence-electron chi connectivity index (χ2n) is 6.28. The highest BCUT2D eigenvalue weighted by Crippen LogP contribution is 2.38. The zero-order chi connectivity index (χ0) is 14.1. The maximum atomic E-state index is 5.42. The first-order valence-corrected chi connectivity index (χ1v) is 7.99. The van der Waals surface area contributed by atoms with E-state index in [0.29, 0.717) is 12.0 Å². The minimum absolute atomic E-state index is 0.571. The van der Waals surface area contributed by atoms with E-state index in [9.17, 15) is 0 Å². The molecule has 0 N–H and O–H groups in total. The van der Waals surface area contributed by atoms with Gasteiger partial charge in [-0.15, -0.1) is 0 Å². The fraction of sp³-hybridized carbons (Fsp3) is 0.529. The SMILES string of the molecule is c1ccc(C[C@H]2CCCN2Cc2nc(C3CC3)no2)cc1. The van der Waals surface area contributed by atoms with Crippen LogP contribution in [0.15, 0.2) is 34.9 Å². The van der Waals surface area contributed by atoms with Crippen molar-refractivity contribution in [2.75, 3.05) is 6.54 Å². The van der Waals surface area contributed by atoms with Gasteiger partial charge in [0.15, 0.2) is 5.82 Å². The summed E-state index contributed by atoms with van der Waals surface area (Å²) in [6.07, 6.45) is 6.09. The number of aromatic nitrogens is 2. The van der Waals surface area contributed by atoms with Crippen molar-refractivity contribution in [2.45, 2.75) is 50.6 Å². The zero-order valence-electron chi connectivity index (χ0n) is 12.2. The molecule has 1 aromatic carbocycles. The van der Waals surface area contributed by atoms with Gasteiger partial charge in [0.25, 0.3) is 0 Å². The molecule has 1 aliphatic heterocycles. The van der Waals surface area contributed by atoms with Crippen molar-refractivity contribution in [2.24, 2.45) is 0 Å². The van der Waals surface area contributed by atoms with E-state index < -0.39 is 0 Å². The van der Waals surface area contributed by atoms with Crippen LogP contribution < -0.4 is 0 Å². The lowest BCUT2D eigenvalue weighted by Gasteiger charge is -2.22. The minimum Gasteiger partial charge on any atom is -0.338 e. The molecule has 2 aromatic rings. The van der Waals surface area contributed by atoms with Gasteiger partial charge in [0.1, 0.15) is 0 Å². The smallest absolute Gasteiger partial charge is 0.240 e. The molecule has 0 amide bonds. The molecule has 1 aliphatic carbocycles. The highest BCUT2D eigenvalue weighted by molar-refractivity contribution is 5.16. The molecule has 2 heterocycles. The Balaban J connectivity index is 1.41. The molecule has 4 nitrogen and oxygen atoms in total. The Bertz CT molecular complexity index is 591. The number of nitrogens with zero attached hydrogens (tertiary/aromatic N) is 3. The van der Waals surface area contributed by atoms with Crippen molar-refractivity contribution >= 4 is 0 Å². The molecule has 0 spiro atoms. The van der Waals surface area contributed by atoms with Crippen molar-refractivity contribution in [1.82, 2.24) is 15.0 Å². The summed E-state index contributed by atoms with van der Waals surface area (Å²) in [5.74, 6) is 2.28. The molecule has 1 saturated carbocycles. The first-order valence-electron chi connectivity index (χ1n) is 7.99. The molecule has 1 atom stereocenters. The standard InChI is InChI=1S/C17H21N3O/c1-2-5-13(6-3-1)11-15-7-4-10-20(15)12-16-18-17(19-21-16)14-8-9-14/h1-3,5-6,14-15H,4,7-12H2/t15-/m1/s1. The van der Waals surface area contributed by atoms with Gasteiger partial charge in [-0.3, -0.25) is 4.90 Å². The van der Waals surface area contributed by atoms with Gasteiger partial charge in [-0.2, -0.15) is 4.98 Å². The number of likely N-dealkylation sites (tertiary alicyclic amines) is 1. The average Bonchev–Trinajstić information content (AvgIpc) is 3.12. The molecule has 2 aliphatic rings. The summed E-state index contributed by atoms with van der Waals surface area (Å²) >= 11 is 0. The lowest BCUT2D eigenvalue weighted by Crippen LogP contribution is -2.30. The van der Waals surface area contributed by atoms with Crippen LogP contribution in [0.1, 0.15) is 48.9 Å². The molecule has 1 aromatic heterocycles. The summed E-state index contributed by atoms with van der Waals surface area (Å²) in [5.41, 5.74) is 1.42. The molecular weight excluding hydrogens is 262 g/mol. The third kappa shape index (κ3) is 3.00. The second kappa shape index (κ2) is 5.60. The second-order valence-corrected chi connectivity index (χ2v) is 6.28. The van der Waals surface area contributed by atoms with Gasteiger partial charge in [-0.05, 0) is 44.2 Å². The summed E-state index contributed by atoms with van der Waals surface area (Å²) in [6, 6.07) is 11.4. The quantitative estimate of drug-likeness (QED) is 0.845. The van der Waals surface area contributed by atoms with Gasteiger partial charge in [0.2, 0.25) is 5.89 Å². The predicted molar refractivity (Wildman–Crippen MR) is 79.9 cm³/mol. The van der Waals surface area contributed by atoms with E-state index in [2.05, 4.69) is 45.4 Å². The van der Waals surface area contributed by atoms with Crippen LogP contribution in [0.5, 0.6) is 0 Å². The third-order valence-electron chi connectivity index (χ3n) is 4.58. The number of hydrogen-bond acceptors (Lipinski definition) is 4. The zero-order valence-corrected chi connectivity index (χ0v) is 12.2.